The second-order valence-electron chi connectivity index (χ2n) is 6.69. The zero-order valence-corrected chi connectivity index (χ0v) is 20.6. The summed E-state index contributed by atoms with van der Waals surface area (Å²) in [5.74, 6) is 1.71. The third-order valence-corrected chi connectivity index (χ3v) is 6.07. The van der Waals surface area contributed by atoms with Crippen molar-refractivity contribution < 1.29 is 23.8 Å². The molecule has 0 N–H and O–H groups in total. The van der Waals surface area contributed by atoms with Crippen LogP contribution in [-0.2, 0) is 4.79 Å². The van der Waals surface area contributed by atoms with E-state index in [-0.39, 0.29) is 24.3 Å². The molecule has 1 saturated heterocycles. The SMILES string of the molecule is CCOc1cc(/C=C2\SC(=O)N(CCOc3cccc(C)c3)C2=O)cc(I)c1OCC. The monoisotopic (exact) mass is 553 g/mol. The molecule has 0 radical (unpaired) electrons. The number of halogens is 1. The maximum atomic E-state index is 12.8. The standard InChI is InChI=1S/C23H24INO5S/c1-4-28-19-13-16(12-18(24)21(19)29-5-2)14-20-22(26)25(23(27)31-20)9-10-30-17-8-6-7-15(3)11-17/h6-8,11-14H,4-5,9-10H2,1-3H3/b20-14-. The van der Waals surface area contributed by atoms with Crippen molar-refractivity contribution in [1.29, 1.82) is 0 Å². The van der Waals surface area contributed by atoms with E-state index >= 15 is 0 Å². The topological polar surface area (TPSA) is 65.1 Å². The van der Waals surface area contributed by atoms with Crippen LogP contribution in [-0.4, -0.2) is 42.4 Å². The first kappa shape index (κ1) is 23.5. The fraction of sp³-hybridized carbons (Fsp3) is 0.304. The Morgan fingerprint density at radius 1 is 1.06 bits per heavy atom. The van der Waals surface area contributed by atoms with Crippen molar-refractivity contribution in [2.24, 2.45) is 0 Å². The number of carbonyl (C=O) groups excluding carboxylic acids is 2. The van der Waals surface area contributed by atoms with Gasteiger partial charge in [0, 0.05) is 0 Å². The summed E-state index contributed by atoms with van der Waals surface area (Å²) in [6.07, 6.45) is 1.72. The molecule has 1 heterocycles. The van der Waals surface area contributed by atoms with Gasteiger partial charge in [-0.05, 0) is 96.6 Å². The third kappa shape index (κ3) is 5.94. The summed E-state index contributed by atoms with van der Waals surface area (Å²) < 4.78 is 18.0. The Morgan fingerprint density at radius 3 is 2.55 bits per heavy atom. The van der Waals surface area contributed by atoms with E-state index in [9.17, 15) is 9.59 Å². The van der Waals surface area contributed by atoms with Crippen molar-refractivity contribution >= 4 is 51.6 Å². The minimum absolute atomic E-state index is 0.195. The number of amides is 2. The summed E-state index contributed by atoms with van der Waals surface area (Å²) >= 11 is 3.11. The number of thioether (sulfide) groups is 1. The lowest BCUT2D eigenvalue weighted by molar-refractivity contribution is -0.123. The second kappa shape index (κ2) is 10.9. The molecule has 2 amide bonds. The highest BCUT2D eigenvalue weighted by molar-refractivity contribution is 14.1. The number of ether oxygens (including phenoxy) is 3. The Bertz CT molecular complexity index is 1010. The highest BCUT2D eigenvalue weighted by Crippen LogP contribution is 2.37. The molecule has 0 unspecified atom stereocenters. The van der Waals surface area contributed by atoms with Gasteiger partial charge in [0.25, 0.3) is 11.1 Å². The van der Waals surface area contributed by atoms with Crippen molar-refractivity contribution in [3.05, 3.63) is 56.0 Å². The van der Waals surface area contributed by atoms with Gasteiger partial charge < -0.3 is 14.2 Å². The molecule has 8 heteroatoms. The van der Waals surface area contributed by atoms with Gasteiger partial charge in [0.2, 0.25) is 0 Å². The molecule has 6 nitrogen and oxygen atoms in total. The summed E-state index contributed by atoms with van der Waals surface area (Å²) in [6, 6.07) is 11.4. The molecular weight excluding hydrogens is 529 g/mol. The minimum atomic E-state index is -0.315. The number of benzene rings is 2. The molecule has 164 valence electrons. The van der Waals surface area contributed by atoms with Crippen LogP contribution in [0.25, 0.3) is 6.08 Å². The fourth-order valence-electron chi connectivity index (χ4n) is 3.02. The van der Waals surface area contributed by atoms with Gasteiger partial charge in [-0.2, -0.15) is 0 Å². The summed E-state index contributed by atoms with van der Waals surface area (Å²) in [7, 11) is 0. The largest absolute Gasteiger partial charge is 0.492 e. The zero-order valence-electron chi connectivity index (χ0n) is 17.6. The number of hydrogen-bond donors (Lipinski definition) is 0. The van der Waals surface area contributed by atoms with Gasteiger partial charge in [-0.1, -0.05) is 12.1 Å². The van der Waals surface area contributed by atoms with Crippen molar-refractivity contribution in [3.63, 3.8) is 0 Å². The van der Waals surface area contributed by atoms with Crippen LogP contribution in [0.3, 0.4) is 0 Å². The molecule has 2 aromatic rings. The molecule has 1 fully saturated rings. The van der Waals surface area contributed by atoms with E-state index in [4.69, 9.17) is 14.2 Å². The first-order valence-corrected chi connectivity index (χ1v) is 11.9. The third-order valence-electron chi connectivity index (χ3n) is 4.36. The predicted octanol–water partition coefficient (Wildman–Crippen LogP) is 5.51. The Balaban J connectivity index is 1.72. The molecule has 0 saturated carbocycles. The highest BCUT2D eigenvalue weighted by atomic mass is 127. The smallest absolute Gasteiger partial charge is 0.293 e. The van der Waals surface area contributed by atoms with E-state index in [2.05, 4.69) is 22.6 Å². The average Bonchev–Trinajstić information content (AvgIpc) is 2.98. The van der Waals surface area contributed by atoms with E-state index in [0.29, 0.717) is 29.6 Å². The van der Waals surface area contributed by atoms with E-state index in [1.54, 1.807) is 6.08 Å². The second-order valence-corrected chi connectivity index (χ2v) is 8.85. The molecular formula is C23H24INO5S. The number of imide groups is 1. The van der Waals surface area contributed by atoms with Crippen LogP contribution in [0.5, 0.6) is 17.2 Å². The van der Waals surface area contributed by atoms with Crippen LogP contribution in [0, 0.1) is 10.5 Å². The van der Waals surface area contributed by atoms with Crippen molar-refractivity contribution in [1.82, 2.24) is 4.90 Å². The van der Waals surface area contributed by atoms with E-state index in [0.717, 1.165) is 32.2 Å². The molecule has 2 aromatic carbocycles. The van der Waals surface area contributed by atoms with Crippen LogP contribution >= 0.6 is 34.4 Å². The van der Waals surface area contributed by atoms with E-state index < -0.39 is 0 Å². The number of aryl methyl sites for hydroxylation is 1. The highest BCUT2D eigenvalue weighted by Gasteiger charge is 2.34. The van der Waals surface area contributed by atoms with Crippen LogP contribution < -0.4 is 14.2 Å². The molecule has 0 bridgehead atoms. The number of rotatable bonds is 9. The molecule has 31 heavy (non-hydrogen) atoms. The van der Waals surface area contributed by atoms with E-state index in [1.807, 2.05) is 57.2 Å². The Hall–Kier alpha value is -2.20. The first-order valence-electron chi connectivity index (χ1n) is 9.96. The summed E-state index contributed by atoms with van der Waals surface area (Å²) in [5.41, 5.74) is 1.86. The molecule has 0 spiro atoms. The Morgan fingerprint density at radius 2 is 1.84 bits per heavy atom. The van der Waals surface area contributed by atoms with Gasteiger partial charge >= 0.3 is 0 Å². The van der Waals surface area contributed by atoms with Gasteiger partial charge in [-0.25, -0.2) is 0 Å². The number of hydrogen-bond acceptors (Lipinski definition) is 6. The molecule has 3 rings (SSSR count). The van der Waals surface area contributed by atoms with E-state index in [1.165, 1.54) is 4.90 Å². The summed E-state index contributed by atoms with van der Waals surface area (Å²) in [6.45, 7) is 7.26. The summed E-state index contributed by atoms with van der Waals surface area (Å²) in [5, 5.41) is -0.297. The Kier molecular flexibility index (Phi) is 8.25. The van der Waals surface area contributed by atoms with Crippen molar-refractivity contribution in [2.75, 3.05) is 26.4 Å². The molecule has 1 aliphatic rings. The van der Waals surface area contributed by atoms with Crippen molar-refractivity contribution in [2.45, 2.75) is 20.8 Å². The lowest BCUT2D eigenvalue weighted by Gasteiger charge is -2.14. The predicted molar refractivity (Wildman–Crippen MR) is 131 cm³/mol. The van der Waals surface area contributed by atoms with Crippen LogP contribution in [0.15, 0.2) is 41.3 Å². The maximum absolute atomic E-state index is 12.8. The summed E-state index contributed by atoms with van der Waals surface area (Å²) in [4.78, 5) is 26.8. The first-order chi connectivity index (χ1) is 14.9. The Labute approximate surface area is 200 Å². The van der Waals surface area contributed by atoms with Crippen molar-refractivity contribution in [3.8, 4) is 17.2 Å². The fourth-order valence-corrected chi connectivity index (χ4v) is 4.67. The average molecular weight is 553 g/mol. The number of carbonyl (C=O) groups is 2. The van der Waals surface area contributed by atoms with Crippen LogP contribution in [0.4, 0.5) is 4.79 Å². The number of nitrogens with zero attached hydrogens (tertiary/aromatic N) is 1. The molecule has 0 atom stereocenters. The van der Waals surface area contributed by atoms with Crippen LogP contribution in [0.2, 0.25) is 0 Å². The normalized spacial score (nSPS) is 15.0. The van der Waals surface area contributed by atoms with Gasteiger partial charge in [0.05, 0.1) is 28.2 Å². The quantitative estimate of drug-likeness (QED) is 0.302. The molecule has 0 aromatic heterocycles. The maximum Gasteiger partial charge on any atom is 0.293 e. The zero-order chi connectivity index (χ0) is 22.4. The minimum Gasteiger partial charge on any atom is -0.492 e. The lowest BCUT2D eigenvalue weighted by atomic mass is 10.2. The molecule has 0 aliphatic carbocycles. The van der Waals surface area contributed by atoms with Gasteiger partial charge in [0.1, 0.15) is 12.4 Å². The van der Waals surface area contributed by atoms with Gasteiger partial charge in [-0.3, -0.25) is 14.5 Å². The van der Waals surface area contributed by atoms with Gasteiger partial charge in [0.15, 0.2) is 11.5 Å². The van der Waals surface area contributed by atoms with Crippen LogP contribution in [0.1, 0.15) is 25.0 Å². The lowest BCUT2D eigenvalue weighted by Crippen LogP contribution is -2.32. The van der Waals surface area contributed by atoms with Gasteiger partial charge in [-0.15, -0.1) is 0 Å². The molecule has 1 aliphatic heterocycles.